The first kappa shape index (κ1) is 22.1. The molecule has 1 fully saturated rings. The van der Waals surface area contributed by atoms with Gasteiger partial charge in [0.05, 0.1) is 24.2 Å². The number of amides is 1. The van der Waals surface area contributed by atoms with Crippen molar-refractivity contribution < 1.29 is 22.7 Å². The molecule has 0 spiro atoms. The summed E-state index contributed by atoms with van der Waals surface area (Å²) in [4.78, 5) is 14.7. The number of sulfonamides is 1. The van der Waals surface area contributed by atoms with E-state index in [2.05, 4.69) is 4.72 Å². The van der Waals surface area contributed by atoms with Crippen molar-refractivity contribution in [3.8, 4) is 11.5 Å². The molecule has 1 aliphatic rings. The summed E-state index contributed by atoms with van der Waals surface area (Å²) < 4.78 is 39.1. The number of hydrogen-bond acceptors (Lipinski definition) is 5. The monoisotopic (exact) mass is 432 g/mol. The summed E-state index contributed by atoms with van der Waals surface area (Å²) in [7, 11) is -2.34. The normalized spacial score (nSPS) is 14.4. The first-order valence-corrected chi connectivity index (χ1v) is 11.6. The van der Waals surface area contributed by atoms with Crippen LogP contribution >= 0.6 is 0 Å². The molecule has 0 bridgehead atoms. The maximum Gasteiger partial charge on any atom is 0.257 e. The number of piperidine rings is 1. The van der Waals surface area contributed by atoms with E-state index in [0.29, 0.717) is 31.2 Å². The Morgan fingerprint density at radius 1 is 1.10 bits per heavy atom. The molecule has 8 heteroatoms. The van der Waals surface area contributed by atoms with E-state index >= 15 is 0 Å². The van der Waals surface area contributed by atoms with Crippen LogP contribution in [0.2, 0.25) is 0 Å². The molecule has 0 atom stereocenters. The van der Waals surface area contributed by atoms with Gasteiger partial charge in [0.1, 0.15) is 11.5 Å². The van der Waals surface area contributed by atoms with Crippen LogP contribution in [0.4, 0.5) is 0 Å². The van der Waals surface area contributed by atoms with Crippen LogP contribution in [0, 0.1) is 0 Å². The second kappa shape index (κ2) is 9.95. The van der Waals surface area contributed by atoms with E-state index in [-0.39, 0.29) is 22.9 Å². The Morgan fingerprint density at radius 3 is 2.57 bits per heavy atom. The lowest BCUT2D eigenvalue weighted by molar-refractivity contribution is 0.0720. The van der Waals surface area contributed by atoms with Crippen LogP contribution in [0.1, 0.15) is 42.1 Å². The van der Waals surface area contributed by atoms with Crippen molar-refractivity contribution in [1.82, 2.24) is 9.62 Å². The largest absolute Gasteiger partial charge is 0.496 e. The van der Waals surface area contributed by atoms with Crippen molar-refractivity contribution in [1.29, 1.82) is 0 Å². The second-order valence-electron chi connectivity index (χ2n) is 7.12. The van der Waals surface area contributed by atoms with Crippen molar-refractivity contribution in [2.45, 2.75) is 37.6 Å². The number of nitrogens with one attached hydrogen (secondary N) is 1. The third-order valence-corrected chi connectivity index (χ3v) is 6.43. The maximum absolute atomic E-state index is 13.0. The van der Waals surface area contributed by atoms with Crippen LogP contribution in [-0.4, -0.2) is 46.0 Å². The van der Waals surface area contributed by atoms with Gasteiger partial charge in [0.25, 0.3) is 5.91 Å². The highest BCUT2D eigenvalue weighted by Gasteiger charge is 2.24. The van der Waals surface area contributed by atoms with E-state index in [1.165, 1.54) is 25.3 Å². The van der Waals surface area contributed by atoms with E-state index in [4.69, 9.17) is 9.47 Å². The summed E-state index contributed by atoms with van der Waals surface area (Å²) in [5.41, 5.74) is 1.04. The van der Waals surface area contributed by atoms with Crippen LogP contribution in [0.25, 0.3) is 0 Å². The van der Waals surface area contributed by atoms with Crippen molar-refractivity contribution in [3.05, 3.63) is 53.6 Å². The molecule has 2 aromatic rings. The molecule has 1 aliphatic heterocycles. The molecule has 1 amide bonds. The zero-order chi connectivity index (χ0) is 21.6. The SMILES string of the molecule is CCOc1cccc(CNS(=O)(=O)c2ccc(OC)c(C(=O)N3CCCCC3)c2)c1. The van der Waals surface area contributed by atoms with E-state index in [0.717, 1.165) is 24.8 Å². The van der Waals surface area contributed by atoms with Gasteiger partial charge in [0.2, 0.25) is 10.0 Å². The molecule has 0 aliphatic carbocycles. The molecule has 7 nitrogen and oxygen atoms in total. The van der Waals surface area contributed by atoms with E-state index in [1.54, 1.807) is 11.0 Å². The van der Waals surface area contributed by atoms with Gasteiger partial charge in [-0.3, -0.25) is 4.79 Å². The van der Waals surface area contributed by atoms with E-state index in [9.17, 15) is 13.2 Å². The Balaban J connectivity index is 1.80. The van der Waals surface area contributed by atoms with E-state index in [1.807, 2.05) is 25.1 Å². The highest BCUT2D eigenvalue weighted by atomic mass is 32.2. The summed E-state index contributed by atoms with van der Waals surface area (Å²) in [6.07, 6.45) is 3.01. The zero-order valence-corrected chi connectivity index (χ0v) is 18.2. The molecule has 0 unspecified atom stereocenters. The molecule has 2 aromatic carbocycles. The Morgan fingerprint density at radius 2 is 1.87 bits per heavy atom. The van der Waals surface area contributed by atoms with Crippen LogP contribution in [0.15, 0.2) is 47.4 Å². The lowest BCUT2D eigenvalue weighted by atomic mass is 10.1. The number of methoxy groups -OCH3 is 1. The summed E-state index contributed by atoms with van der Waals surface area (Å²) >= 11 is 0. The molecule has 1 saturated heterocycles. The molecule has 30 heavy (non-hydrogen) atoms. The summed E-state index contributed by atoms with van der Waals surface area (Å²) in [6, 6.07) is 11.6. The minimum Gasteiger partial charge on any atom is -0.496 e. The molecule has 1 heterocycles. The smallest absolute Gasteiger partial charge is 0.257 e. The van der Waals surface area contributed by atoms with Crippen LogP contribution in [0.3, 0.4) is 0 Å². The summed E-state index contributed by atoms with van der Waals surface area (Å²) in [5.74, 6) is 0.856. The molecule has 162 valence electrons. The van der Waals surface area contributed by atoms with Crippen LogP contribution in [0.5, 0.6) is 11.5 Å². The summed E-state index contributed by atoms with van der Waals surface area (Å²) in [5, 5.41) is 0. The minimum absolute atomic E-state index is 0.0321. The number of carbonyl (C=O) groups excluding carboxylic acids is 1. The van der Waals surface area contributed by atoms with Gasteiger partial charge in [-0.1, -0.05) is 12.1 Å². The second-order valence-corrected chi connectivity index (χ2v) is 8.89. The fourth-order valence-electron chi connectivity index (χ4n) is 3.46. The molecule has 0 radical (unpaired) electrons. The first-order valence-electron chi connectivity index (χ1n) is 10.1. The van der Waals surface area contributed by atoms with Gasteiger partial charge in [-0.05, 0) is 62.1 Å². The Bertz CT molecular complexity index is 985. The van der Waals surface area contributed by atoms with Gasteiger partial charge in [-0.2, -0.15) is 0 Å². The molecule has 3 rings (SSSR count). The van der Waals surface area contributed by atoms with Crippen molar-refractivity contribution in [3.63, 3.8) is 0 Å². The topological polar surface area (TPSA) is 84.9 Å². The fraction of sp³-hybridized carbons (Fsp3) is 0.409. The predicted octanol–water partition coefficient (Wildman–Crippen LogP) is 3.20. The summed E-state index contributed by atoms with van der Waals surface area (Å²) in [6.45, 7) is 3.89. The van der Waals surface area contributed by atoms with Gasteiger partial charge in [-0.15, -0.1) is 0 Å². The Hall–Kier alpha value is -2.58. The number of rotatable bonds is 8. The van der Waals surface area contributed by atoms with Gasteiger partial charge in [0, 0.05) is 19.6 Å². The lowest BCUT2D eigenvalue weighted by Gasteiger charge is -2.27. The van der Waals surface area contributed by atoms with Gasteiger partial charge in [-0.25, -0.2) is 13.1 Å². The molecule has 0 aromatic heterocycles. The molecule has 0 saturated carbocycles. The van der Waals surface area contributed by atoms with Crippen LogP contribution < -0.4 is 14.2 Å². The standard InChI is InChI=1S/C22H28N2O5S/c1-3-29-18-9-7-8-17(14-18)16-23-30(26,27)19-10-11-21(28-2)20(15-19)22(25)24-12-5-4-6-13-24/h7-11,14-15,23H,3-6,12-13,16H2,1-2H3. The zero-order valence-electron chi connectivity index (χ0n) is 17.4. The third kappa shape index (κ3) is 5.31. The molecule has 1 N–H and O–H groups in total. The number of benzene rings is 2. The average Bonchev–Trinajstić information content (AvgIpc) is 2.78. The first-order chi connectivity index (χ1) is 14.4. The van der Waals surface area contributed by atoms with Crippen molar-refractivity contribution >= 4 is 15.9 Å². The average molecular weight is 433 g/mol. The third-order valence-electron chi connectivity index (χ3n) is 5.03. The Labute approximate surface area is 178 Å². The minimum atomic E-state index is -3.81. The number of hydrogen-bond donors (Lipinski definition) is 1. The molecular weight excluding hydrogens is 404 g/mol. The van der Waals surface area contributed by atoms with E-state index < -0.39 is 10.0 Å². The Kier molecular flexibility index (Phi) is 7.33. The van der Waals surface area contributed by atoms with Crippen molar-refractivity contribution in [2.75, 3.05) is 26.8 Å². The van der Waals surface area contributed by atoms with Crippen LogP contribution in [-0.2, 0) is 16.6 Å². The quantitative estimate of drug-likeness (QED) is 0.692. The lowest BCUT2D eigenvalue weighted by Crippen LogP contribution is -2.36. The number of likely N-dealkylation sites (tertiary alicyclic amines) is 1. The highest BCUT2D eigenvalue weighted by Crippen LogP contribution is 2.25. The number of ether oxygens (including phenoxy) is 2. The number of nitrogens with zero attached hydrogens (tertiary/aromatic N) is 1. The maximum atomic E-state index is 13.0. The van der Waals surface area contributed by atoms with Gasteiger partial charge in [0.15, 0.2) is 0 Å². The van der Waals surface area contributed by atoms with Gasteiger partial charge >= 0.3 is 0 Å². The highest BCUT2D eigenvalue weighted by molar-refractivity contribution is 7.89. The van der Waals surface area contributed by atoms with Crippen molar-refractivity contribution in [2.24, 2.45) is 0 Å². The number of carbonyl (C=O) groups is 1. The predicted molar refractivity (Wildman–Crippen MR) is 114 cm³/mol. The fourth-order valence-corrected chi connectivity index (χ4v) is 4.51. The van der Waals surface area contributed by atoms with Gasteiger partial charge < -0.3 is 14.4 Å². The molecular formula is C22H28N2O5S.